The van der Waals surface area contributed by atoms with Gasteiger partial charge in [-0.05, 0) is 67.9 Å². The summed E-state index contributed by atoms with van der Waals surface area (Å²) in [5, 5.41) is 10.4. The van der Waals surface area contributed by atoms with E-state index in [0.717, 1.165) is 23.5 Å². The molecule has 1 heterocycles. The summed E-state index contributed by atoms with van der Waals surface area (Å²) in [5.41, 5.74) is 2.72. The molecular weight excluding hydrogens is 280 g/mol. The fourth-order valence-corrected chi connectivity index (χ4v) is 4.19. The molecule has 3 heteroatoms. The molecule has 0 saturated carbocycles. The van der Waals surface area contributed by atoms with Crippen LogP contribution in [0.2, 0.25) is 0 Å². The average molecular weight is 302 g/mol. The van der Waals surface area contributed by atoms with Crippen molar-refractivity contribution in [2.45, 2.75) is 44.6 Å². The van der Waals surface area contributed by atoms with Crippen molar-refractivity contribution in [3.8, 4) is 5.75 Å². The average Bonchev–Trinajstić information content (AvgIpc) is 2.97. The largest absolute Gasteiger partial charge is 0.497 e. The summed E-state index contributed by atoms with van der Waals surface area (Å²) in [4.78, 5) is 2.65. The van der Waals surface area contributed by atoms with Crippen molar-refractivity contribution >= 4 is 11.3 Å². The van der Waals surface area contributed by atoms with Crippen molar-refractivity contribution in [2.24, 2.45) is 0 Å². The number of fused-ring (bicyclic) bond motifs is 1. The highest BCUT2D eigenvalue weighted by atomic mass is 32.1. The number of hydrogen-bond donors (Lipinski definition) is 1. The molecule has 1 aromatic heterocycles. The van der Waals surface area contributed by atoms with E-state index in [2.05, 4.69) is 18.2 Å². The second-order valence-electron chi connectivity index (χ2n) is 5.71. The Kier molecular flexibility index (Phi) is 4.61. The predicted octanol–water partition coefficient (Wildman–Crippen LogP) is 4.30. The van der Waals surface area contributed by atoms with E-state index >= 15 is 0 Å². The lowest BCUT2D eigenvalue weighted by Gasteiger charge is -2.09. The number of thiophene rings is 1. The van der Waals surface area contributed by atoms with Crippen LogP contribution in [0.3, 0.4) is 0 Å². The summed E-state index contributed by atoms with van der Waals surface area (Å²) in [6.45, 7) is 0. The van der Waals surface area contributed by atoms with Gasteiger partial charge in [0.25, 0.3) is 0 Å². The number of ether oxygens (including phenoxy) is 1. The minimum absolute atomic E-state index is 0.331. The van der Waals surface area contributed by atoms with E-state index in [9.17, 15) is 5.11 Å². The molecule has 112 valence electrons. The molecule has 1 atom stereocenters. The van der Waals surface area contributed by atoms with Gasteiger partial charge in [0.05, 0.1) is 13.2 Å². The highest BCUT2D eigenvalue weighted by Gasteiger charge is 2.17. The number of methoxy groups -OCH3 is 1. The van der Waals surface area contributed by atoms with Gasteiger partial charge in [0.2, 0.25) is 0 Å². The van der Waals surface area contributed by atoms with Crippen molar-refractivity contribution in [1.82, 2.24) is 0 Å². The number of benzene rings is 1. The number of rotatable bonds is 5. The number of aliphatic hydroxyl groups is 1. The number of aliphatic hydroxyl groups excluding tert-OH is 1. The minimum atomic E-state index is -0.331. The summed E-state index contributed by atoms with van der Waals surface area (Å²) < 4.78 is 5.16. The second-order valence-corrected chi connectivity index (χ2v) is 6.88. The van der Waals surface area contributed by atoms with Gasteiger partial charge in [0.15, 0.2) is 0 Å². The molecule has 0 fully saturated rings. The fraction of sp³-hybridized carbons (Fsp3) is 0.444. The summed E-state index contributed by atoms with van der Waals surface area (Å²) in [6.07, 6.45) is 6.34. The van der Waals surface area contributed by atoms with Crippen LogP contribution in [-0.4, -0.2) is 12.2 Å². The minimum Gasteiger partial charge on any atom is -0.497 e. The van der Waals surface area contributed by atoms with Gasteiger partial charge in [-0.25, -0.2) is 0 Å². The smallest absolute Gasteiger partial charge is 0.118 e. The van der Waals surface area contributed by atoms with Crippen LogP contribution in [0.15, 0.2) is 30.3 Å². The molecule has 2 aromatic rings. The van der Waals surface area contributed by atoms with E-state index in [1.807, 2.05) is 23.5 Å². The van der Waals surface area contributed by atoms with Gasteiger partial charge in [-0.15, -0.1) is 11.3 Å². The highest BCUT2D eigenvalue weighted by Crippen LogP contribution is 2.34. The Morgan fingerprint density at radius 2 is 1.95 bits per heavy atom. The van der Waals surface area contributed by atoms with Crippen LogP contribution in [0.4, 0.5) is 0 Å². The normalized spacial score (nSPS) is 15.5. The zero-order valence-corrected chi connectivity index (χ0v) is 13.3. The van der Waals surface area contributed by atoms with Gasteiger partial charge in [0, 0.05) is 9.75 Å². The molecule has 1 aliphatic rings. The molecule has 1 N–H and O–H groups in total. The first-order valence-corrected chi connectivity index (χ1v) is 8.50. The van der Waals surface area contributed by atoms with Gasteiger partial charge in [0.1, 0.15) is 5.75 Å². The van der Waals surface area contributed by atoms with Crippen LogP contribution in [-0.2, 0) is 19.3 Å². The summed E-state index contributed by atoms with van der Waals surface area (Å²) >= 11 is 1.81. The van der Waals surface area contributed by atoms with E-state index < -0.39 is 0 Å². The lowest BCUT2D eigenvalue weighted by molar-refractivity contribution is 0.171. The predicted molar refractivity (Wildman–Crippen MR) is 87.2 cm³/mol. The van der Waals surface area contributed by atoms with Crippen LogP contribution >= 0.6 is 11.3 Å². The Bertz CT molecular complexity index is 562. The lowest BCUT2D eigenvalue weighted by Crippen LogP contribution is -1.98. The Hall–Kier alpha value is -1.32. The maximum absolute atomic E-state index is 10.4. The lowest BCUT2D eigenvalue weighted by atomic mass is 9.98. The van der Waals surface area contributed by atoms with Crippen LogP contribution in [0.25, 0.3) is 0 Å². The van der Waals surface area contributed by atoms with Crippen molar-refractivity contribution in [3.63, 3.8) is 0 Å². The van der Waals surface area contributed by atoms with Gasteiger partial charge in [-0.3, -0.25) is 0 Å². The summed E-state index contributed by atoms with van der Waals surface area (Å²) in [5.74, 6) is 0.880. The standard InChI is InChI=1S/C18H22O2S/c1-20-15-9-6-13(7-10-15)8-11-16(19)18-12-14-4-2-3-5-17(14)21-18/h6-7,9-10,12,16,19H,2-5,8,11H2,1H3. The van der Waals surface area contributed by atoms with Crippen LogP contribution in [0.1, 0.15) is 46.2 Å². The first kappa shape index (κ1) is 14.6. The Morgan fingerprint density at radius 3 is 2.67 bits per heavy atom. The van der Waals surface area contributed by atoms with Crippen LogP contribution in [0, 0.1) is 0 Å². The molecule has 0 aliphatic heterocycles. The molecular formula is C18H22O2S. The molecule has 1 unspecified atom stereocenters. The maximum Gasteiger partial charge on any atom is 0.118 e. The first-order valence-electron chi connectivity index (χ1n) is 7.69. The van der Waals surface area contributed by atoms with Gasteiger partial charge < -0.3 is 9.84 Å². The zero-order chi connectivity index (χ0) is 14.7. The van der Waals surface area contributed by atoms with E-state index in [-0.39, 0.29) is 6.10 Å². The van der Waals surface area contributed by atoms with Gasteiger partial charge in [-0.2, -0.15) is 0 Å². The monoisotopic (exact) mass is 302 g/mol. The quantitative estimate of drug-likeness (QED) is 0.892. The SMILES string of the molecule is COc1ccc(CCC(O)c2cc3c(s2)CCCC3)cc1. The highest BCUT2D eigenvalue weighted by molar-refractivity contribution is 7.12. The van der Waals surface area contributed by atoms with E-state index in [1.165, 1.54) is 41.7 Å². The van der Waals surface area contributed by atoms with Gasteiger partial charge >= 0.3 is 0 Å². The molecule has 0 radical (unpaired) electrons. The fourth-order valence-electron chi connectivity index (χ4n) is 2.92. The number of aryl methyl sites for hydroxylation is 3. The molecule has 0 saturated heterocycles. The molecule has 21 heavy (non-hydrogen) atoms. The van der Waals surface area contributed by atoms with Crippen LogP contribution in [0.5, 0.6) is 5.75 Å². The molecule has 1 aromatic carbocycles. The van der Waals surface area contributed by atoms with E-state index in [1.54, 1.807) is 7.11 Å². The zero-order valence-electron chi connectivity index (χ0n) is 12.5. The molecule has 2 nitrogen and oxygen atoms in total. The van der Waals surface area contributed by atoms with Crippen molar-refractivity contribution in [3.05, 3.63) is 51.2 Å². The third-order valence-corrected chi connectivity index (χ3v) is 5.55. The van der Waals surface area contributed by atoms with Crippen molar-refractivity contribution < 1.29 is 9.84 Å². The maximum atomic E-state index is 10.4. The Labute approximate surface area is 130 Å². The molecule has 1 aliphatic carbocycles. The Balaban J connectivity index is 1.60. The van der Waals surface area contributed by atoms with Gasteiger partial charge in [-0.1, -0.05) is 12.1 Å². The molecule has 0 amide bonds. The van der Waals surface area contributed by atoms with E-state index in [4.69, 9.17) is 4.74 Å². The van der Waals surface area contributed by atoms with Crippen molar-refractivity contribution in [2.75, 3.05) is 7.11 Å². The first-order chi connectivity index (χ1) is 10.3. The third kappa shape index (κ3) is 3.47. The van der Waals surface area contributed by atoms with Crippen molar-refractivity contribution in [1.29, 1.82) is 0 Å². The number of hydrogen-bond acceptors (Lipinski definition) is 3. The summed E-state index contributed by atoms with van der Waals surface area (Å²) in [7, 11) is 1.68. The topological polar surface area (TPSA) is 29.5 Å². The Morgan fingerprint density at radius 1 is 1.19 bits per heavy atom. The third-order valence-electron chi connectivity index (χ3n) is 4.21. The molecule has 0 spiro atoms. The summed E-state index contributed by atoms with van der Waals surface area (Å²) in [6, 6.07) is 10.3. The van der Waals surface area contributed by atoms with Crippen LogP contribution < -0.4 is 4.74 Å². The molecule has 3 rings (SSSR count). The second kappa shape index (κ2) is 6.63. The van der Waals surface area contributed by atoms with E-state index in [0.29, 0.717) is 0 Å². The molecule has 0 bridgehead atoms.